The first-order valence-corrected chi connectivity index (χ1v) is 11.4. The second kappa shape index (κ2) is 10.9. The number of para-hydroxylation sites is 1. The lowest BCUT2D eigenvalue weighted by Crippen LogP contribution is -2.36. The molecule has 0 spiro atoms. The van der Waals surface area contributed by atoms with Gasteiger partial charge >= 0.3 is 0 Å². The van der Waals surface area contributed by atoms with Crippen molar-refractivity contribution >= 4 is 11.6 Å². The van der Waals surface area contributed by atoms with E-state index in [9.17, 15) is 5.11 Å². The van der Waals surface area contributed by atoms with Crippen LogP contribution < -0.4 is 4.74 Å². The number of aliphatic hydroxyl groups is 1. The number of terminal acetylenes is 1. The molecule has 1 aromatic heterocycles. The summed E-state index contributed by atoms with van der Waals surface area (Å²) < 4.78 is 13.5. The van der Waals surface area contributed by atoms with Crippen LogP contribution in [0.1, 0.15) is 24.1 Å². The molecular weight excluding hydrogens is 438 g/mol. The highest BCUT2D eigenvalue weighted by Gasteiger charge is 2.32. The van der Waals surface area contributed by atoms with Gasteiger partial charge in [0.05, 0.1) is 29.7 Å². The topological polar surface area (TPSA) is 59.8 Å². The zero-order chi connectivity index (χ0) is 23.2. The Hall–Kier alpha value is -2.82. The fourth-order valence-corrected chi connectivity index (χ4v) is 3.87. The lowest BCUT2D eigenvalue weighted by molar-refractivity contribution is 0.0241. The quantitative estimate of drug-likeness (QED) is 0.331. The second-order valence-corrected chi connectivity index (χ2v) is 8.64. The van der Waals surface area contributed by atoms with Crippen molar-refractivity contribution in [2.45, 2.75) is 38.5 Å². The Balaban J connectivity index is 1.62. The lowest BCUT2D eigenvalue weighted by Gasteiger charge is -2.25. The monoisotopic (exact) mass is 465 g/mol. The highest BCUT2D eigenvalue weighted by atomic mass is 35.5. The van der Waals surface area contributed by atoms with E-state index in [1.54, 1.807) is 12.1 Å². The Morgan fingerprint density at radius 1 is 1.21 bits per heavy atom. The Morgan fingerprint density at radius 2 is 1.94 bits per heavy atom. The van der Waals surface area contributed by atoms with E-state index in [1.807, 2.05) is 54.1 Å². The van der Waals surface area contributed by atoms with E-state index in [-0.39, 0.29) is 13.2 Å². The van der Waals surface area contributed by atoms with E-state index in [1.165, 1.54) is 0 Å². The molecule has 4 rings (SSSR count). The van der Waals surface area contributed by atoms with Crippen molar-refractivity contribution in [3.05, 3.63) is 70.9 Å². The predicted molar refractivity (Wildman–Crippen MR) is 129 cm³/mol. The van der Waals surface area contributed by atoms with Crippen LogP contribution in [0.15, 0.2) is 54.6 Å². The maximum absolute atomic E-state index is 10.5. The van der Waals surface area contributed by atoms with Crippen molar-refractivity contribution < 1.29 is 14.6 Å². The fraction of sp³-hybridized carbons (Fsp3) is 0.346. The van der Waals surface area contributed by atoms with Gasteiger partial charge in [0.1, 0.15) is 12.4 Å². The summed E-state index contributed by atoms with van der Waals surface area (Å²) in [5, 5.41) is 15.9. The number of nitrogens with zero attached hydrogens (tertiary/aromatic N) is 3. The van der Waals surface area contributed by atoms with E-state index >= 15 is 0 Å². The number of hydrogen-bond acceptors (Lipinski definition) is 5. The molecule has 0 amide bonds. The summed E-state index contributed by atoms with van der Waals surface area (Å²) in [6, 6.07) is 17.6. The van der Waals surface area contributed by atoms with Crippen LogP contribution in [0.5, 0.6) is 11.6 Å². The van der Waals surface area contributed by atoms with Gasteiger partial charge in [0, 0.05) is 24.2 Å². The molecule has 1 N–H and O–H groups in total. The van der Waals surface area contributed by atoms with Gasteiger partial charge in [-0.3, -0.25) is 4.90 Å². The van der Waals surface area contributed by atoms with Crippen LogP contribution in [0, 0.1) is 19.3 Å². The van der Waals surface area contributed by atoms with Crippen LogP contribution in [0.25, 0.3) is 5.69 Å². The van der Waals surface area contributed by atoms with Gasteiger partial charge in [-0.25, -0.2) is 4.68 Å². The summed E-state index contributed by atoms with van der Waals surface area (Å²) in [5.41, 5.74) is 2.78. The molecule has 1 fully saturated rings. The minimum Gasteiger partial charge on any atom is -0.439 e. The van der Waals surface area contributed by atoms with Crippen LogP contribution in [-0.2, 0) is 11.3 Å². The van der Waals surface area contributed by atoms with Crippen LogP contribution in [0.3, 0.4) is 0 Å². The van der Waals surface area contributed by atoms with Crippen molar-refractivity contribution in [1.29, 1.82) is 0 Å². The van der Waals surface area contributed by atoms with Crippen LogP contribution in [0.4, 0.5) is 0 Å². The predicted octanol–water partition coefficient (Wildman–Crippen LogP) is 4.60. The largest absolute Gasteiger partial charge is 0.439 e. The van der Waals surface area contributed by atoms with E-state index in [0.29, 0.717) is 35.8 Å². The second-order valence-electron chi connectivity index (χ2n) is 8.21. The minimum absolute atomic E-state index is 0.197. The van der Waals surface area contributed by atoms with Gasteiger partial charge in [-0.2, -0.15) is 5.10 Å². The van der Waals surface area contributed by atoms with Crippen molar-refractivity contribution in [3.8, 4) is 29.7 Å². The van der Waals surface area contributed by atoms with Gasteiger partial charge < -0.3 is 14.6 Å². The number of aliphatic hydroxyl groups excluding tert-OH is 1. The molecule has 1 atom stereocenters. The molecule has 1 aliphatic rings. The maximum Gasteiger partial charge on any atom is 0.227 e. The first-order chi connectivity index (χ1) is 16.0. The van der Waals surface area contributed by atoms with Crippen molar-refractivity contribution in [2.24, 2.45) is 0 Å². The molecule has 1 aliphatic carbocycles. The summed E-state index contributed by atoms with van der Waals surface area (Å²) in [6.07, 6.45) is 6.83. The van der Waals surface area contributed by atoms with E-state index in [0.717, 1.165) is 29.8 Å². The molecule has 7 heteroatoms. The molecule has 1 saturated carbocycles. The van der Waals surface area contributed by atoms with Crippen LogP contribution >= 0.6 is 11.6 Å². The number of aromatic nitrogens is 2. The molecular formula is C26H28ClN3O3. The van der Waals surface area contributed by atoms with E-state index in [2.05, 4.69) is 10.8 Å². The summed E-state index contributed by atoms with van der Waals surface area (Å²) in [6.45, 7) is 3.50. The van der Waals surface area contributed by atoms with Gasteiger partial charge in [-0.1, -0.05) is 35.7 Å². The molecule has 0 radical (unpaired) electrons. The summed E-state index contributed by atoms with van der Waals surface area (Å²) in [4.78, 5) is 2.28. The van der Waals surface area contributed by atoms with Gasteiger partial charge in [0.15, 0.2) is 0 Å². The standard InChI is InChI=1S/C26H28ClN3O3/c1-3-15-32-18-23(31)16-29(21-11-12-21)17-25-19(2)28-30(22-7-5-4-6-8-22)26(25)33-24-13-9-20(27)10-14-24/h1,4-10,13-14,21,23,31H,11-12,15-18H2,2H3. The van der Waals surface area contributed by atoms with Crippen molar-refractivity contribution in [2.75, 3.05) is 19.8 Å². The number of benzene rings is 2. The SMILES string of the molecule is C#CCOCC(O)CN(Cc1c(C)nn(-c2ccccc2)c1Oc1ccc(Cl)cc1)C1CC1. The molecule has 2 aromatic carbocycles. The van der Waals surface area contributed by atoms with Gasteiger partial charge in [0.25, 0.3) is 0 Å². The smallest absolute Gasteiger partial charge is 0.227 e. The third-order valence-electron chi connectivity index (χ3n) is 5.53. The number of hydrogen-bond donors (Lipinski definition) is 1. The zero-order valence-electron chi connectivity index (χ0n) is 18.7. The van der Waals surface area contributed by atoms with E-state index < -0.39 is 6.10 Å². The first kappa shape index (κ1) is 23.3. The highest BCUT2D eigenvalue weighted by molar-refractivity contribution is 6.30. The summed E-state index contributed by atoms with van der Waals surface area (Å²) >= 11 is 6.06. The lowest BCUT2D eigenvalue weighted by atomic mass is 10.2. The molecule has 1 heterocycles. The number of aryl methyl sites for hydroxylation is 1. The first-order valence-electron chi connectivity index (χ1n) is 11.1. The average molecular weight is 466 g/mol. The molecule has 172 valence electrons. The Kier molecular flexibility index (Phi) is 7.69. The van der Waals surface area contributed by atoms with Gasteiger partial charge in [0.2, 0.25) is 5.88 Å². The molecule has 3 aromatic rings. The van der Waals surface area contributed by atoms with Crippen LogP contribution in [0.2, 0.25) is 5.02 Å². The van der Waals surface area contributed by atoms with E-state index in [4.69, 9.17) is 32.6 Å². The highest BCUT2D eigenvalue weighted by Crippen LogP contribution is 2.35. The number of halogens is 1. The Labute approximate surface area is 199 Å². The Bertz CT molecular complexity index is 1090. The molecule has 0 aliphatic heterocycles. The van der Waals surface area contributed by atoms with Crippen LogP contribution in [-0.4, -0.2) is 51.7 Å². The zero-order valence-corrected chi connectivity index (χ0v) is 19.4. The molecule has 0 saturated heterocycles. The third kappa shape index (κ3) is 6.16. The molecule has 6 nitrogen and oxygen atoms in total. The minimum atomic E-state index is -0.621. The molecule has 33 heavy (non-hydrogen) atoms. The van der Waals surface area contributed by atoms with Crippen molar-refractivity contribution in [1.82, 2.24) is 14.7 Å². The summed E-state index contributed by atoms with van der Waals surface area (Å²) in [5.74, 6) is 3.76. The normalized spacial score (nSPS) is 14.3. The average Bonchev–Trinajstić information content (AvgIpc) is 3.62. The number of rotatable bonds is 11. The van der Waals surface area contributed by atoms with Gasteiger partial charge in [-0.05, 0) is 56.2 Å². The third-order valence-corrected chi connectivity index (χ3v) is 5.78. The summed E-state index contributed by atoms with van der Waals surface area (Å²) in [7, 11) is 0. The molecule has 1 unspecified atom stereocenters. The van der Waals surface area contributed by atoms with Gasteiger partial charge in [-0.15, -0.1) is 6.42 Å². The fourth-order valence-electron chi connectivity index (χ4n) is 3.75. The number of ether oxygens (including phenoxy) is 2. The molecule has 0 bridgehead atoms. The maximum atomic E-state index is 10.5. The van der Waals surface area contributed by atoms with Crippen molar-refractivity contribution in [3.63, 3.8) is 0 Å². The Morgan fingerprint density at radius 3 is 2.61 bits per heavy atom.